The van der Waals surface area contributed by atoms with Gasteiger partial charge in [0.05, 0.1) is 0 Å². The van der Waals surface area contributed by atoms with Gasteiger partial charge in [-0.05, 0) is 44.6 Å². The fourth-order valence-electron chi connectivity index (χ4n) is 4.17. The van der Waals surface area contributed by atoms with Crippen molar-refractivity contribution in [2.45, 2.75) is 18.9 Å². The highest BCUT2D eigenvalue weighted by Crippen LogP contribution is 2.21. The number of H-pyrrole nitrogens is 1. The summed E-state index contributed by atoms with van der Waals surface area (Å²) in [6, 6.07) is 8.58. The topological polar surface area (TPSA) is 42.6 Å². The summed E-state index contributed by atoms with van der Waals surface area (Å²) in [5.41, 5.74) is 1.85. The Morgan fingerprint density at radius 1 is 1.12 bits per heavy atom. The van der Waals surface area contributed by atoms with Crippen molar-refractivity contribution in [3.05, 3.63) is 36.0 Å². The molecular formula is C19H26N4O. The van der Waals surface area contributed by atoms with Gasteiger partial charge in [-0.3, -0.25) is 9.69 Å². The molecule has 2 aliphatic rings. The maximum absolute atomic E-state index is 12.9. The van der Waals surface area contributed by atoms with E-state index in [1.165, 1.54) is 19.4 Å². The van der Waals surface area contributed by atoms with Crippen LogP contribution in [0.25, 0.3) is 10.9 Å². The molecule has 0 radical (unpaired) electrons. The summed E-state index contributed by atoms with van der Waals surface area (Å²) in [4.78, 5) is 23.1. The van der Waals surface area contributed by atoms with Crippen molar-refractivity contribution in [2.24, 2.45) is 0 Å². The number of nitrogens with zero attached hydrogens (tertiary/aromatic N) is 3. The number of aromatic nitrogens is 1. The molecular weight excluding hydrogens is 300 g/mol. The normalized spacial score (nSPS) is 23.7. The van der Waals surface area contributed by atoms with Crippen molar-refractivity contribution in [2.75, 3.05) is 46.3 Å². The Hall–Kier alpha value is -1.85. The number of amides is 1. The van der Waals surface area contributed by atoms with E-state index < -0.39 is 0 Å². The summed E-state index contributed by atoms with van der Waals surface area (Å²) >= 11 is 0. The molecule has 1 aromatic heterocycles. The quantitative estimate of drug-likeness (QED) is 0.918. The van der Waals surface area contributed by atoms with Crippen LogP contribution in [0.3, 0.4) is 0 Å². The third-order valence-electron chi connectivity index (χ3n) is 5.54. The van der Waals surface area contributed by atoms with E-state index in [1.807, 2.05) is 35.4 Å². The number of likely N-dealkylation sites (N-methyl/N-ethyl adjacent to an activating group) is 1. The van der Waals surface area contributed by atoms with Gasteiger partial charge >= 0.3 is 0 Å². The third-order valence-corrected chi connectivity index (χ3v) is 5.54. The van der Waals surface area contributed by atoms with Crippen molar-refractivity contribution in [1.82, 2.24) is 19.7 Å². The number of likely N-dealkylation sites (tertiary alicyclic amines) is 1. The summed E-state index contributed by atoms with van der Waals surface area (Å²) in [5.74, 6) is 0.167. The second-order valence-electron chi connectivity index (χ2n) is 7.13. The molecule has 1 atom stereocenters. The smallest absolute Gasteiger partial charge is 0.254 e. The van der Waals surface area contributed by atoms with Gasteiger partial charge in [0.15, 0.2) is 0 Å². The number of benzene rings is 1. The summed E-state index contributed by atoms with van der Waals surface area (Å²) in [6.07, 6.45) is 4.48. The average Bonchev–Trinajstić information content (AvgIpc) is 3.10. The van der Waals surface area contributed by atoms with Crippen LogP contribution in [0.2, 0.25) is 0 Å². The van der Waals surface area contributed by atoms with Crippen LogP contribution in [0.4, 0.5) is 0 Å². The largest absolute Gasteiger partial charge is 0.361 e. The third kappa shape index (κ3) is 2.94. The van der Waals surface area contributed by atoms with Crippen LogP contribution in [0.5, 0.6) is 0 Å². The van der Waals surface area contributed by atoms with Gasteiger partial charge in [0.25, 0.3) is 5.91 Å². The SMILES string of the molecule is CN1CCCC(N2CCN(C(=O)c3cccc4[nH]ccc34)CC2)C1. The second kappa shape index (κ2) is 6.57. The lowest BCUT2D eigenvalue weighted by Gasteiger charge is -2.42. The lowest BCUT2D eigenvalue weighted by molar-refractivity contribution is 0.0453. The molecule has 0 aliphatic carbocycles. The molecule has 0 spiro atoms. The maximum Gasteiger partial charge on any atom is 0.254 e. The lowest BCUT2D eigenvalue weighted by atomic mass is 10.0. The first-order valence-electron chi connectivity index (χ1n) is 9.00. The van der Waals surface area contributed by atoms with Gasteiger partial charge in [0, 0.05) is 61.4 Å². The fraction of sp³-hybridized carbons (Fsp3) is 0.526. The van der Waals surface area contributed by atoms with Crippen molar-refractivity contribution in [1.29, 1.82) is 0 Å². The summed E-state index contributed by atoms with van der Waals surface area (Å²) in [7, 11) is 2.21. The maximum atomic E-state index is 12.9. The van der Waals surface area contributed by atoms with Crippen molar-refractivity contribution in [3.63, 3.8) is 0 Å². The van der Waals surface area contributed by atoms with E-state index in [4.69, 9.17) is 0 Å². The summed E-state index contributed by atoms with van der Waals surface area (Å²) < 4.78 is 0. The molecule has 1 N–H and O–H groups in total. The van der Waals surface area contributed by atoms with Crippen LogP contribution in [-0.2, 0) is 0 Å². The van der Waals surface area contributed by atoms with Gasteiger partial charge in [0.2, 0.25) is 0 Å². The molecule has 2 aliphatic heterocycles. The zero-order valence-corrected chi connectivity index (χ0v) is 14.4. The van der Waals surface area contributed by atoms with Crippen LogP contribution in [0.1, 0.15) is 23.2 Å². The predicted octanol–water partition coefficient (Wildman–Crippen LogP) is 2.02. The van der Waals surface area contributed by atoms with E-state index >= 15 is 0 Å². The Kier molecular flexibility index (Phi) is 4.29. The van der Waals surface area contributed by atoms with Crippen LogP contribution < -0.4 is 0 Å². The molecule has 4 rings (SSSR count). The molecule has 3 heterocycles. The molecule has 0 saturated carbocycles. The van der Waals surface area contributed by atoms with Crippen LogP contribution in [0.15, 0.2) is 30.5 Å². The van der Waals surface area contributed by atoms with Crippen molar-refractivity contribution in [3.8, 4) is 0 Å². The predicted molar refractivity (Wildman–Crippen MR) is 96.3 cm³/mol. The molecule has 1 aromatic carbocycles. The van der Waals surface area contributed by atoms with Crippen molar-refractivity contribution < 1.29 is 4.79 Å². The van der Waals surface area contributed by atoms with Gasteiger partial charge < -0.3 is 14.8 Å². The Balaban J connectivity index is 1.42. The fourth-order valence-corrected chi connectivity index (χ4v) is 4.17. The number of piperazine rings is 1. The molecule has 1 amide bonds. The number of hydrogen-bond acceptors (Lipinski definition) is 3. The zero-order valence-electron chi connectivity index (χ0n) is 14.4. The second-order valence-corrected chi connectivity index (χ2v) is 7.13. The number of carbonyl (C=O) groups excluding carboxylic acids is 1. The van der Waals surface area contributed by atoms with Gasteiger partial charge in [-0.25, -0.2) is 0 Å². The first-order valence-corrected chi connectivity index (χ1v) is 9.00. The van der Waals surface area contributed by atoms with E-state index in [0.29, 0.717) is 6.04 Å². The number of nitrogens with one attached hydrogen (secondary N) is 1. The molecule has 1 unspecified atom stereocenters. The van der Waals surface area contributed by atoms with Gasteiger partial charge in [-0.1, -0.05) is 6.07 Å². The average molecular weight is 326 g/mol. The van der Waals surface area contributed by atoms with E-state index in [1.54, 1.807) is 0 Å². The number of piperidine rings is 1. The van der Waals surface area contributed by atoms with Crippen LogP contribution in [-0.4, -0.2) is 77.9 Å². The first-order chi connectivity index (χ1) is 11.7. The highest BCUT2D eigenvalue weighted by molar-refractivity contribution is 6.06. The molecule has 2 aromatic rings. The Bertz CT molecular complexity index is 717. The number of fused-ring (bicyclic) bond motifs is 1. The van der Waals surface area contributed by atoms with Gasteiger partial charge in [-0.2, -0.15) is 0 Å². The minimum atomic E-state index is 0.167. The summed E-state index contributed by atoms with van der Waals surface area (Å²) in [6.45, 7) is 6.03. The molecule has 0 bridgehead atoms. The monoisotopic (exact) mass is 326 g/mol. The number of hydrogen-bond donors (Lipinski definition) is 1. The van der Waals surface area contributed by atoms with E-state index in [0.717, 1.165) is 49.2 Å². The first kappa shape index (κ1) is 15.7. The van der Waals surface area contributed by atoms with E-state index in [9.17, 15) is 4.79 Å². The number of carbonyl (C=O) groups is 1. The molecule has 24 heavy (non-hydrogen) atoms. The lowest BCUT2D eigenvalue weighted by Crippen LogP contribution is -2.55. The van der Waals surface area contributed by atoms with E-state index in [-0.39, 0.29) is 5.91 Å². The number of rotatable bonds is 2. The van der Waals surface area contributed by atoms with Crippen LogP contribution >= 0.6 is 0 Å². The Morgan fingerprint density at radius 3 is 2.75 bits per heavy atom. The molecule has 2 saturated heterocycles. The Morgan fingerprint density at radius 2 is 1.96 bits per heavy atom. The molecule has 128 valence electrons. The zero-order chi connectivity index (χ0) is 16.5. The van der Waals surface area contributed by atoms with Gasteiger partial charge in [0.1, 0.15) is 0 Å². The molecule has 5 heteroatoms. The summed E-state index contributed by atoms with van der Waals surface area (Å²) in [5, 5.41) is 1.03. The number of aromatic amines is 1. The van der Waals surface area contributed by atoms with Crippen LogP contribution in [0, 0.1) is 0 Å². The minimum Gasteiger partial charge on any atom is -0.361 e. The van der Waals surface area contributed by atoms with Gasteiger partial charge in [-0.15, -0.1) is 0 Å². The van der Waals surface area contributed by atoms with E-state index in [2.05, 4.69) is 21.8 Å². The molecule has 5 nitrogen and oxygen atoms in total. The standard InChI is InChI=1S/C19H26N4O/c1-21-9-3-4-15(14-21)22-10-12-23(13-11-22)19(24)17-5-2-6-18-16(17)7-8-20-18/h2,5-8,15,20H,3-4,9-14H2,1H3. The highest BCUT2D eigenvalue weighted by atomic mass is 16.2. The van der Waals surface area contributed by atoms with Crippen molar-refractivity contribution >= 4 is 16.8 Å². The minimum absolute atomic E-state index is 0.167. The highest BCUT2D eigenvalue weighted by Gasteiger charge is 2.29. The molecule has 2 fully saturated rings. The Labute approximate surface area is 143 Å².